The van der Waals surface area contributed by atoms with E-state index in [1.165, 1.54) is 12.8 Å². The molecule has 2 unspecified atom stereocenters. The molecule has 0 radical (unpaired) electrons. The highest BCUT2D eigenvalue weighted by molar-refractivity contribution is 5.28. The maximum Gasteiger partial charge on any atom is 0.162 e. The summed E-state index contributed by atoms with van der Waals surface area (Å²) < 4.78 is 27.9. The molecule has 22 heavy (non-hydrogen) atoms. The van der Waals surface area contributed by atoms with E-state index in [4.69, 9.17) is 0 Å². The minimum absolute atomic E-state index is 0.192. The van der Waals surface area contributed by atoms with Gasteiger partial charge in [0.15, 0.2) is 11.6 Å². The normalized spacial score (nSPS) is 32.2. The predicted octanol–water partition coefficient (Wildman–Crippen LogP) is 6.15. The van der Waals surface area contributed by atoms with E-state index in [0.717, 1.165) is 37.5 Å². The Bertz CT molecular complexity index is 553. The fourth-order valence-electron chi connectivity index (χ4n) is 4.21. The molecule has 0 spiro atoms. The third-order valence-electron chi connectivity index (χ3n) is 5.76. The van der Waals surface area contributed by atoms with Crippen LogP contribution in [0.25, 0.3) is 0 Å². The minimum Gasteiger partial charge on any atom is -0.203 e. The minimum atomic E-state index is -0.663. The Morgan fingerprint density at radius 1 is 0.864 bits per heavy atom. The summed E-state index contributed by atoms with van der Waals surface area (Å²) in [5, 5.41) is 0. The number of hydrogen-bond donors (Lipinski definition) is 0. The maximum absolute atomic E-state index is 14.2. The molecule has 0 aromatic heterocycles. The Kier molecular flexibility index (Phi) is 4.65. The zero-order chi connectivity index (χ0) is 15.7. The van der Waals surface area contributed by atoms with E-state index in [1.807, 2.05) is 0 Å². The number of hydrogen-bond acceptors (Lipinski definition) is 0. The van der Waals surface area contributed by atoms with Crippen LogP contribution in [0.5, 0.6) is 0 Å². The lowest BCUT2D eigenvalue weighted by molar-refractivity contribution is 0.240. The van der Waals surface area contributed by atoms with Gasteiger partial charge in [-0.3, -0.25) is 0 Å². The summed E-state index contributed by atoms with van der Waals surface area (Å²) in [7, 11) is 0. The summed E-state index contributed by atoms with van der Waals surface area (Å²) in [6.07, 6.45) is 11.6. The van der Waals surface area contributed by atoms with Crippen molar-refractivity contribution < 1.29 is 8.78 Å². The summed E-state index contributed by atoms with van der Waals surface area (Å²) >= 11 is 0. The zero-order valence-electron chi connectivity index (χ0n) is 13.6. The van der Waals surface area contributed by atoms with E-state index in [9.17, 15) is 8.78 Å². The first kappa shape index (κ1) is 15.7. The van der Waals surface area contributed by atoms with Crippen LogP contribution in [-0.4, -0.2) is 0 Å². The molecule has 1 aromatic rings. The first-order chi connectivity index (χ1) is 10.6. The first-order valence-electron chi connectivity index (χ1n) is 8.69. The topological polar surface area (TPSA) is 0 Å². The van der Waals surface area contributed by atoms with Gasteiger partial charge in [-0.2, -0.15) is 0 Å². The standard InChI is InChI=1S/C20H26F2/c1-13-3-6-15(7-4-13)16-8-10-17(11-9-16)18-12-5-14(2)19(21)20(18)22/h3,5-6,12-13,15-17H,4,7-11H2,1-2H3. The summed E-state index contributed by atoms with van der Waals surface area (Å²) in [5.41, 5.74) is 0.991. The molecule has 0 saturated heterocycles. The van der Waals surface area contributed by atoms with Crippen molar-refractivity contribution in [2.75, 3.05) is 0 Å². The Morgan fingerprint density at radius 3 is 2.23 bits per heavy atom. The zero-order valence-corrected chi connectivity index (χ0v) is 13.6. The third-order valence-corrected chi connectivity index (χ3v) is 5.76. The Hall–Kier alpha value is -1.18. The molecular weight excluding hydrogens is 278 g/mol. The second kappa shape index (κ2) is 6.52. The van der Waals surface area contributed by atoms with Gasteiger partial charge in [0, 0.05) is 0 Å². The molecule has 0 heterocycles. The molecule has 1 saturated carbocycles. The molecule has 0 aliphatic heterocycles. The lowest BCUT2D eigenvalue weighted by atomic mass is 9.71. The van der Waals surface area contributed by atoms with Crippen molar-refractivity contribution >= 4 is 0 Å². The largest absolute Gasteiger partial charge is 0.203 e. The van der Waals surface area contributed by atoms with Gasteiger partial charge in [-0.15, -0.1) is 0 Å². The average molecular weight is 304 g/mol. The molecule has 0 nitrogen and oxygen atoms in total. The molecule has 120 valence electrons. The molecule has 3 rings (SSSR count). The van der Waals surface area contributed by atoms with Gasteiger partial charge < -0.3 is 0 Å². The van der Waals surface area contributed by atoms with Crippen LogP contribution in [0, 0.1) is 36.3 Å². The molecular formula is C20H26F2. The number of allylic oxidation sites excluding steroid dienone is 2. The van der Waals surface area contributed by atoms with Gasteiger partial charge in [0.2, 0.25) is 0 Å². The van der Waals surface area contributed by atoms with E-state index >= 15 is 0 Å². The molecule has 2 heteroatoms. The highest BCUT2D eigenvalue weighted by atomic mass is 19.2. The maximum atomic E-state index is 14.2. The lowest BCUT2D eigenvalue weighted by Crippen LogP contribution is -2.22. The molecule has 2 aliphatic carbocycles. The molecule has 0 bridgehead atoms. The van der Waals surface area contributed by atoms with Gasteiger partial charge in [-0.25, -0.2) is 8.78 Å². The van der Waals surface area contributed by atoms with E-state index in [1.54, 1.807) is 19.1 Å². The van der Waals surface area contributed by atoms with Crippen LogP contribution in [-0.2, 0) is 0 Å². The van der Waals surface area contributed by atoms with Crippen LogP contribution in [0.4, 0.5) is 8.78 Å². The van der Waals surface area contributed by atoms with Crippen LogP contribution >= 0.6 is 0 Å². The van der Waals surface area contributed by atoms with Crippen molar-refractivity contribution in [3.05, 3.63) is 47.0 Å². The second-order valence-corrected chi connectivity index (χ2v) is 7.31. The third kappa shape index (κ3) is 3.11. The highest BCUT2D eigenvalue weighted by Crippen LogP contribution is 2.42. The Labute approximate surface area is 132 Å². The molecule has 0 amide bonds. The Balaban J connectivity index is 1.65. The van der Waals surface area contributed by atoms with Crippen molar-refractivity contribution in [2.24, 2.45) is 17.8 Å². The van der Waals surface area contributed by atoms with Gasteiger partial charge in [0.1, 0.15) is 0 Å². The fraction of sp³-hybridized carbons (Fsp3) is 0.600. The van der Waals surface area contributed by atoms with Gasteiger partial charge in [-0.05, 0) is 80.2 Å². The quantitative estimate of drug-likeness (QED) is 0.575. The van der Waals surface area contributed by atoms with Crippen LogP contribution < -0.4 is 0 Å². The number of halogens is 2. The predicted molar refractivity (Wildman–Crippen MR) is 86.8 cm³/mol. The van der Waals surface area contributed by atoms with E-state index < -0.39 is 11.6 Å². The number of aryl methyl sites for hydroxylation is 1. The monoisotopic (exact) mass is 304 g/mol. The fourth-order valence-corrected chi connectivity index (χ4v) is 4.21. The summed E-state index contributed by atoms with van der Waals surface area (Å²) in [6.45, 7) is 3.90. The van der Waals surface area contributed by atoms with Crippen molar-refractivity contribution in [1.82, 2.24) is 0 Å². The number of rotatable bonds is 2. The number of benzene rings is 1. The SMILES string of the molecule is Cc1ccc(C2CCC(C3C=CC(C)CC3)CC2)c(F)c1F. The van der Waals surface area contributed by atoms with E-state index in [2.05, 4.69) is 19.1 Å². The van der Waals surface area contributed by atoms with E-state index in [0.29, 0.717) is 17.0 Å². The van der Waals surface area contributed by atoms with Crippen LogP contribution in [0.2, 0.25) is 0 Å². The lowest BCUT2D eigenvalue weighted by Gasteiger charge is -2.35. The van der Waals surface area contributed by atoms with Crippen molar-refractivity contribution in [3.8, 4) is 0 Å². The van der Waals surface area contributed by atoms with Crippen molar-refractivity contribution in [3.63, 3.8) is 0 Å². The second-order valence-electron chi connectivity index (χ2n) is 7.31. The molecule has 1 fully saturated rings. The highest BCUT2D eigenvalue weighted by Gasteiger charge is 2.30. The van der Waals surface area contributed by atoms with Crippen LogP contribution in [0.1, 0.15) is 62.5 Å². The molecule has 2 aliphatic rings. The summed E-state index contributed by atoms with van der Waals surface area (Å²) in [4.78, 5) is 0. The summed E-state index contributed by atoms with van der Waals surface area (Å²) in [6, 6.07) is 3.51. The first-order valence-corrected chi connectivity index (χ1v) is 8.69. The molecule has 1 aromatic carbocycles. The van der Waals surface area contributed by atoms with Crippen LogP contribution in [0.15, 0.2) is 24.3 Å². The van der Waals surface area contributed by atoms with E-state index in [-0.39, 0.29) is 5.92 Å². The van der Waals surface area contributed by atoms with Gasteiger partial charge in [0.25, 0.3) is 0 Å². The summed E-state index contributed by atoms with van der Waals surface area (Å²) in [5.74, 6) is 1.07. The Morgan fingerprint density at radius 2 is 1.59 bits per heavy atom. The van der Waals surface area contributed by atoms with Gasteiger partial charge >= 0.3 is 0 Å². The van der Waals surface area contributed by atoms with Crippen molar-refractivity contribution in [1.29, 1.82) is 0 Å². The molecule has 2 atom stereocenters. The molecule has 0 N–H and O–H groups in total. The van der Waals surface area contributed by atoms with Crippen LogP contribution in [0.3, 0.4) is 0 Å². The average Bonchev–Trinajstić information content (AvgIpc) is 2.54. The van der Waals surface area contributed by atoms with Gasteiger partial charge in [-0.1, -0.05) is 31.2 Å². The van der Waals surface area contributed by atoms with Gasteiger partial charge in [0.05, 0.1) is 0 Å². The smallest absolute Gasteiger partial charge is 0.162 e. The van der Waals surface area contributed by atoms with Crippen molar-refractivity contribution in [2.45, 2.75) is 58.3 Å².